The first-order valence-corrected chi connectivity index (χ1v) is 9.19. The van der Waals surface area contributed by atoms with Gasteiger partial charge in [0.05, 0.1) is 18.9 Å². The van der Waals surface area contributed by atoms with Crippen molar-refractivity contribution in [3.05, 3.63) is 65.7 Å². The Balaban J connectivity index is 1.41. The maximum Gasteiger partial charge on any atom is 0.253 e. The smallest absolute Gasteiger partial charge is 0.253 e. The van der Waals surface area contributed by atoms with E-state index in [9.17, 15) is 9.18 Å². The summed E-state index contributed by atoms with van der Waals surface area (Å²) in [7, 11) is 0. The third-order valence-electron chi connectivity index (χ3n) is 5.78. The Labute approximate surface area is 153 Å². The van der Waals surface area contributed by atoms with E-state index >= 15 is 0 Å². The molecule has 26 heavy (non-hydrogen) atoms. The molecule has 136 valence electrons. The van der Waals surface area contributed by atoms with Gasteiger partial charge in [0.1, 0.15) is 5.82 Å². The largest absolute Gasteiger partial charge is 0.375 e. The van der Waals surface area contributed by atoms with Crippen LogP contribution in [0.1, 0.15) is 35.3 Å². The van der Waals surface area contributed by atoms with E-state index in [-0.39, 0.29) is 17.1 Å². The SMILES string of the molecule is O=C(c1ccc(F)cc1)N1C[C@@H]2CCC[C@]2(COCc2ccccn2)C1. The average molecular weight is 354 g/mol. The highest BCUT2D eigenvalue weighted by atomic mass is 19.1. The molecule has 0 radical (unpaired) electrons. The number of nitrogens with zero attached hydrogens (tertiary/aromatic N) is 2. The number of hydrogen-bond acceptors (Lipinski definition) is 3. The average Bonchev–Trinajstić information content (AvgIpc) is 3.20. The fourth-order valence-electron chi connectivity index (χ4n) is 4.42. The molecule has 1 saturated carbocycles. The molecule has 5 heteroatoms. The van der Waals surface area contributed by atoms with Crippen LogP contribution in [-0.2, 0) is 11.3 Å². The summed E-state index contributed by atoms with van der Waals surface area (Å²) in [6.45, 7) is 2.64. The second kappa shape index (κ2) is 7.16. The zero-order valence-corrected chi connectivity index (χ0v) is 14.7. The molecular weight excluding hydrogens is 331 g/mol. The highest BCUT2D eigenvalue weighted by molar-refractivity contribution is 5.94. The van der Waals surface area contributed by atoms with Crippen molar-refractivity contribution in [1.29, 1.82) is 0 Å². The minimum atomic E-state index is -0.320. The van der Waals surface area contributed by atoms with Crippen molar-refractivity contribution in [2.75, 3.05) is 19.7 Å². The summed E-state index contributed by atoms with van der Waals surface area (Å²) in [5, 5.41) is 0. The van der Waals surface area contributed by atoms with Crippen LogP contribution in [0.4, 0.5) is 4.39 Å². The van der Waals surface area contributed by atoms with Crippen molar-refractivity contribution in [3.8, 4) is 0 Å². The lowest BCUT2D eigenvalue weighted by Crippen LogP contribution is -2.34. The Kier molecular flexibility index (Phi) is 4.72. The van der Waals surface area contributed by atoms with Crippen LogP contribution in [0.3, 0.4) is 0 Å². The van der Waals surface area contributed by atoms with Crippen molar-refractivity contribution in [3.63, 3.8) is 0 Å². The molecule has 2 heterocycles. The zero-order valence-electron chi connectivity index (χ0n) is 14.7. The van der Waals surface area contributed by atoms with Gasteiger partial charge >= 0.3 is 0 Å². The van der Waals surface area contributed by atoms with E-state index in [1.807, 2.05) is 23.1 Å². The third-order valence-corrected chi connectivity index (χ3v) is 5.78. The van der Waals surface area contributed by atoms with Gasteiger partial charge in [-0.1, -0.05) is 12.5 Å². The van der Waals surface area contributed by atoms with Gasteiger partial charge < -0.3 is 9.64 Å². The van der Waals surface area contributed by atoms with E-state index in [0.717, 1.165) is 31.6 Å². The molecule has 1 amide bonds. The molecule has 1 aliphatic carbocycles. The molecule has 0 unspecified atom stereocenters. The maximum atomic E-state index is 13.1. The number of fused-ring (bicyclic) bond motifs is 1. The molecule has 4 nitrogen and oxygen atoms in total. The van der Waals surface area contributed by atoms with Gasteiger partial charge in [0.25, 0.3) is 5.91 Å². The van der Waals surface area contributed by atoms with Gasteiger partial charge in [0, 0.05) is 30.3 Å². The number of benzene rings is 1. The van der Waals surface area contributed by atoms with E-state index < -0.39 is 0 Å². The van der Waals surface area contributed by atoms with E-state index in [4.69, 9.17) is 4.74 Å². The van der Waals surface area contributed by atoms with E-state index in [1.54, 1.807) is 18.3 Å². The number of carbonyl (C=O) groups excluding carboxylic acids is 1. The summed E-state index contributed by atoms with van der Waals surface area (Å²) in [4.78, 5) is 19.0. The molecule has 2 fully saturated rings. The molecule has 1 aromatic carbocycles. The van der Waals surface area contributed by atoms with Gasteiger partial charge in [0.15, 0.2) is 0 Å². The second-order valence-corrected chi connectivity index (χ2v) is 7.46. The monoisotopic (exact) mass is 354 g/mol. The number of hydrogen-bond donors (Lipinski definition) is 0. The minimum Gasteiger partial charge on any atom is -0.375 e. The van der Waals surface area contributed by atoms with Crippen LogP contribution >= 0.6 is 0 Å². The molecule has 4 rings (SSSR count). The molecule has 0 bridgehead atoms. The number of likely N-dealkylation sites (tertiary alicyclic amines) is 1. The van der Waals surface area contributed by atoms with Crippen molar-refractivity contribution in [2.45, 2.75) is 25.9 Å². The normalized spacial score (nSPS) is 24.7. The molecule has 1 aromatic heterocycles. The lowest BCUT2D eigenvalue weighted by molar-refractivity contribution is 0.0252. The summed E-state index contributed by atoms with van der Waals surface area (Å²) in [5.41, 5.74) is 1.52. The van der Waals surface area contributed by atoms with Crippen molar-refractivity contribution < 1.29 is 13.9 Å². The lowest BCUT2D eigenvalue weighted by Gasteiger charge is -2.28. The molecular formula is C21H23FN2O2. The highest BCUT2D eigenvalue weighted by Crippen LogP contribution is 2.49. The predicted octanol–water partition coefficient (Wildman–Crippen LogP) is 3.68. The second-order valence-electron chi connectivity index (χ2n) is 7.46. The van der Waals surface area contributed by atoms with Gasteiger partial charge in [-0.25, -0.2) is 4.39 Å². The van der Waals surface area contributed by atoms with Gasteiger partial charge in [-0.2, -0.15) is 0 Å². The summed E-state index contributed by atoms with van der Waals surface area (Å²) in [6.07, 6.45) is 5.19. The number of amides is 1. The Hall–Kier alpha value is -2.27. The van der Waals surface area contributed by atoms with Gasteiger partial charge in [0.2, 0.25) is 0 Å². The number of rotatable bonds is 5. The molecule has 0 spiro atoms. The molecule has 2 atom stereocenters. The molecule has 1 saturated heterocycles. The Morgan fingerprint density at radius 1 is 1.27 bits per heavy atom. The van der Waals surface area contributed by atoms with Crippen LogP contribution in [0, 0.1) is 17.2 Å². The van der Waals surface area contributed by atoms with Crippen LogP contribution in [-0.4, -0.2) is 35.5 Å². The van der Waals surface area contributed by atoms with E-state index in [2.05, 4.69) is 4.98 Å². The molecule has 2 aromatic rings. The predicted molar refractivity (Wildman–Crippen MR) is 96.0 cm³/mol. The summed E-state index contributed by atoms with van der Waals surface area (Å²) >= 11 is 0. The van der Waals surface area contributed by atoms with Crippen molar-refractivity contribution in [1.82, 2.24) is 9.88 Å². The maximum absolute atomic E-state index is 13.1. The van der Waals surface area contributed by atoms with Crippen molar-refractivity contribution >= 4 is 5.91 Å². The Morgan fingerprint density at radius 2 is 2.12 bits per heavy atom. The topological polar surface area (TPSA) is 42.4 Å². The first kappa shape index (κ1) is 17.2. The summed E-state index contributed by atoms with van der Waals surface area (Å²) in [5.74, 6) is 0.151. The third kappa shape index (κ3) is 3.36. The van der Waals surface area contributed by atoms with Crippen LogP contribution in [0.15, 0.2) is 48.7 Å². The number of aromatic nitrogens is 1. The Morgan fingerprint density at radius 3 is 2.88 bits per heavy atom. The van der Waals surface area contributed by atoms with Gasteiger partial charge in [-0.05, 0) is 55.2 Å². The zero-order chi connectivity index (χ0) is 18.0. The van der Waals surface area contributed by atoms with Crippen LogP contribution in [0.25, 0.3) is 0 Å². The summed E-state index contributed by atoms with van der Waals surface area (Å²) in [6, 6.07) is 11.6. The number of halogens is 1. The molecule has 1 aliphatic heterocycles. The quantitative estimate of drug-likeness (QED) is 0.823. The number of pyridine rings is 1. The van der Waals surface area contributed by atoms with Crippen LogP contribution in [0.2, 0.25) is 0 Å². The fourth-order valence-corrected chi connectivity index (χ4v) is 4.42. The molecule has 0 N–H and O–H groups in total. The van der Waals surface area contributed by atoms with Crippen LogP contribution in [0.5, 0.6) is 0 Å². The van der Waals surface area contributed by atoms with E-state index in [1.165, 1.54) is 18.6 Å². The molecule has 2 aliphatic rings. The number of carbonyl (C=O) groups is 1. The Bertz CT molecular complexity index is 765. The standard InChI is InChI=1S/C21H23FN2O2/c22-18-8-6-16(7-9-18)20(25)24-12-17-4-3-10-21(17,14-24)15-26-13-19-5-1-2-11-23-19/h1-2,5-9,11,17H,3-4,10,12-15H2/t17-,21+/m0/s1. The highest BCUT2D eigenvalue weighted by Gasteiger charge is 2.50. The fraction of sp³-hybridized carbons (Fsp3) is 0.429. The van der Waals surface area contributed by atoms with Gasteiger partial charge in [-0.15, -0.1) is 0 Å². The lowest BCUT2D eigenvalue weighted by atomic mass is 9.81. The van der Waals surface area contributed by atoms with E-state index in [0.29, 0.717) is 24.7 Å². The summed E-state index contributed by atoms with van der Waals surface area (Å²) < 4.78 is 19.1. The van der Waals surface area contributed by atoms with Crippen molar-refractivity contribution in [2.24, 2.45) is 11.3 Å². The first-order valence-electron chi connectivity index (χ1n) is 9.19. The van der Waals surface area contributed by atoms with Crippen LogP contribution < -0.4 is 0 Å². The minimum absolute atomic E-state index is 0.0106. The number of ether oxygens (including phenoxy) is 1. The first-order chi connectivity index (χ1) is 12.7. The van der Waals surface area contributed by atoms with Gasteiger partial charge in [-0.3, -0.25) is 9.78 Å².